The average Bonchev–Trinajstić information content (AvgIpc) is 3.18. The van der Waals surface area contributed by atoms with Crippen LogP contribution in [0.2, 0.25) is 0 Å². The van der Waals surface area contributed by atoms with E-state index >= 15 is 0 Å². The molecule has 0 radical (unpaired) electrons. The van der Waals surface area contributed by atoms with Crippen molar-refractivity contribution in [2.45, 2.75) is 82.9 Å². The molecule has 2 aliphatic heterocycles. The van der Waals surface area contributed by atoms with E-state index in [-0.39, 0.29) is 30.0 Å². The predicted molar refractivity (Wildman–Crippen MR) is 143 cm³/mol. The molecule has 8 nitrogen and oxygen atoms in total. The molecule has 1 saturated heterocycles. The summed E-state index contributed by atoms with van der Waals surface area (Å²) < 4.78 is 13.2. The Hall–Kier alpha value is -3.16. The monoisotopic (exact) mass is 508 g/mol. The number of hydrogen-bond acceptors (Lipinski definition) is 5. The average molecular weight is 509 g/mol. The summed E-state index contributed by atoms with van der Waals surface area (Å²) in [5, 5.41) is 6.78. The maximum Gasteiger partial charge on any atom is 0.407 e. The van der Waals surface area contributed by atoms with Gasteiger partial charge in [-0.1, -0.05) is 0 Å². The number of anilines is 1. The molecule has 1 aromatic heterocycles. The van der Waals surface area contributed by atoms with Crippen molar-refractivity contribution in [1.82, 2.24) is 14.8 Å². The van der Waals surface area contributed by atoms with E-state index in [1.807, 2.05) is 26.8 Å². The molecule has 2 amide bonds. The number of ether oxygens (including phenoxy) is 2. The molecule has 0 bridgehead atoms. The van der Waals surface area contributed by atoms with Gasteiger partial charge in [0.15, 0.2) is 0 Å². The number of nitrogens with one attached hydrogen (secondary N) is 2. The molecule has 1 saturated carbocycles. The van der Waals surface area contributed by atoms with Gasteiger partial charge in [-0.3, -0.25) is 4.79 Å². The summed E-state index contributed by atoms with van der Waals surface area (Å²) in [6, 6.07) is 10.8. The van der Waals surface area contributed by atoms with Crippen molar-refractivity contribution in [3.8, 4) is 11.4 Å². The number of aromatic nitrogens is 1. The van der Waals surface area contributed by atoms with Gasteiger partial charge in [0.1, 0.15) is 11.4 Å². The fourth-order valence-electron chi connectivity index (χ4n) is 6.15. The summed E-state index contributed by atoms with van der Waals surface area (Å²) in [5.74, 6) is 1.45. The van der Waals surface area contributed by atoms with Crippen LogP contribution in [0.4, 0.5) is 10.5 Å². The fourth-order valence-corrected chi connectivity index (χ4v) is 6.15. The van der Waals surface area contributed by atoms with E-state index in [2.05, 4.69) is 50.6 Å². The molecular weight excluding hydrogens is 468 g/mol. The maximum atomic E-state index is 13.5. The van der Waals surface area contributed by atoms with Gasteiger partial charge in [0.25, 0.3) is 0 Å². The van der Waals surface area contributed by atoms with E-state index < -0.39 is 5.60 Å². The third-order valence-electron chi connectivity index (χ3n) is 7.98. The van der Waals surface area contributed by atoms with Gasteiger partial charge in [0, 0.05) is 55.0 Å². The van der Waals surface area contributed by atoms with Crippen LogP contribution < -0.4 is 15.4 Å². The number of benzene rings is 1. The molecule has 2 atom stereocenters. The largest absolute Gasteiger partial charge is 0.497 e. The van der Waals surface area contributed by atoms with E-state index in [4.69, 9.17) is 9.47 Å². The van der Waals surface area contributed by atoms with Crippen molar-refractivity contribution in [1.29, 1.82) is 0 Å². The number of carbonyl (C=O) groups is 2. The zero-order valence-electron chi connectivity index (χ0n) is 22.5. The first-order valence-electron chi connectivity index (χ1n) is 13.6. The van der Waals surface area contributed by atoms with E-state index in [9.17, 15) is 9.59 Å². The molecule has 1 aliphatic carbocycles. The van der Waals surface area contributed by atoms with Crippen molar-refractivity contribution < 1.29 is 19.1 Å². The van der Waals surface area contributed by atoms with Crippen molar-refractivity contribution in [2.75, 3.05) is 25.5 Å². The lowest BCUT2D eigenvalue weighted by atomic mass is 9.85. The Morgan fingerprint density at radius 3 is 2.51 bits per heavy atom. The van der Waals surface area contributed by atoms with Crippen LogP contribution in [0, 0.1) is 5.92 Å². The fraction of sp³-hybridized carbons (Fsp3) is 0.586. The minimum atomic E-state index is -0.509. The Kier molecular flexibility index (Phi) is 7.10. The Morgan fingerprint density at radius 2 is 1.78 bits per heavy atom. The van der Waals surface area contributed by atoms with Gasteiger partial charge in [-0.2, -0.15) is 0 Å². The molecular formula is C29H40N4O4. The first-order chi connectivity index (χ1) is 17.7. The Bertz CT molecular complexity index is 1130. The van der Waals surface area contributed by atoms with E-state index in [0.717, 1.165) is 68.7 Å². The van der Waals surface area contributed by atoms with Crippen LogP contribution in [0.5, 0.6) is 5.75 Å². The minimum Gasteiger partial charge on any atom is -0.497 e. The lowest BCUT2D eigenvalue weighted by Gasteiger charge is -2.32. The van der Waals surface area contributed by atoms with Crippen molar-refractivity contribution >= 4 is 17.7 Å². The molecule has 0 spiro atoms. The lowest BCUT2D eigenvalue weighted by molar-refractivity contribution is -0.136. The molecule has 2 unspecified atom stereocenters. The smallest absolute Gasteiger partial charge is 0.407 e. The summed E-state index contributed by atoms with van der Waals surface area (Å²) in [6.45, 7) is 7.11. The van der Waals surface area contributed by atoms with Gasteiger partial charge in [0.05, 0.1) is 18.5 Å². The second kappa shape index (κ2) is 10.3. The Morgan fingerprint density at radius 1 is 1.03 bits per heavy atom. The second-order valence-corrected chi connectivity index (χ2v) is 11.6. The maximum absolute atomic E-state index is 13.5. The van der Waals surface area contributed by atoms with Crippen LogP contribution in [0.1, 0.15) is 70.9 Å². The molecule has 5 rings (SSSR count). The summed E-state index contributed by atoms with van der Waals surface area (Å²) in [7, 11) is 1.69. The zero-order chi connectivity index (χ0) is 26.2. The molecule has 200 valence electrons. The summed E-state index contributed by atoms with van der Waals surface area (Å²) in [4.78, 5) is 27.8. The topological polar surface area (TPSA) is 84.8 Å². The predicted octanol–water partition coefficient (Wildman–Crippen LogP) is 5.07. The highest BCUT2D eigenvalue weighted by Gasteiger charge is 2.36. The minimum absolute atomic E-state index is 0.0291. The number of nitrogens with zero attached hydrogens (tertiary/aromatic N) is 2. The quantitative estimate of drug-likeness (QED) is 0.605. The van der Waals surface area contributed by atoms with Gasteiger partial charge in [-0.05, 0) is 83.6 Å². The van der Waals surface area contributed by atoms with Crippen LogP contribution in [0.15, 0.2) is 36.5 Å². The summed E-state index contributed by atoms with van der Waals surface area (Å²) in [5.41, 5.74) is 2.99. The van der Waals surface area contributed by atoms with Gasteiger partial charge >= 0.3 is 6.09 Å². The van der Waals surface area contributed by atoms with Crippen LogP contribution in [-0.4, -0.2) is 59.4 Å². The van der Waals surface area contributed by atoms with Crippen molar-refractivity contribution in [3.63, 3.8) is 0 Å². The number of hydrogen-bond donors (Lipinski definition) is 2. The highest BCUT2D eigenvalue weighted by molar-refractivity contribution is 5.79. The Labute approximate surface area is 219 Å². The summed E-state index contributed by atoms with van der Waals surface area (Å²) in [6.07, 6.45) is 6.80. The molecule has 2 fully saturated rings. The lowest BCUT2D eigenvalue weighted by Crippen LogP contribution is -2.44. The molecule has 2 N–H and O–H groups in total. The number of alkyl carbamates (subject to hydrolysis) is 1. The van der Waals surface area contributed by atoms with Crippen molar-refractivity contribution in [3.05, 3.63) is 42.2 Å². The SMILES string of the molecule is COc1ccc2c(c1)NC1CCN(C(=O)C3CCC(NC(=O)OC(C)(C)C)CC3)CCC1c1cccn1-2. The van der Waals surface area contributed by atoms with Crippen LogP contribution in [-0.2, 0) is 9.53 Å². The number of methoxy groups -OCH3 is 1. The molecule has 2 aromatic rings. The van der Waals surface area contributed by atoms with Crippen LogP contribution >= 0.6 is 0 Å². The number of amides is 2. The van der Waals surface area contributed by atoms with E-state index in [1.165, 1.54) is 5.69 Å². The standard InChI is InChI=1S/C29H40N4O4/c1-29(2,3)37-28(35)30-20-9-7-19(8-10-20)27(34)32-16-13-22-23(14-17-32)31-24-18-21(36-4)11-12-26(24)33-15-5-6-25(22)33/h5-6,11-12,15,18-20,22-23,31H,7-10,13-14,16-17H2,1-4H3,(H,30,35). The normalized spacial score (nSPS) is 25.4. The van der Waals surface area contributed by atoms with Gasteiger partial charge in [-0.25, -0.2) is 4.79 Å². The first kappa shape index (κ1) is 25.5. The number of carbonyl (C=O) groups excluding carboxylic acids is 2. The van der Waals surface area contributed by atoms with Gasteiger partial charge in [-0.15, -0.1) is 0 Å². The number of fused-ring (bicyclic) bond motifs is 5. The molecule has 3 heterocycles. The van der Waals surface area contributed by atoms with Crippen molar-refractivity contribution in [2.24, 2.45) is 5.92 Å². The van der Waals surface area contributed by atoms with Gasteiger partial charge < -0.3 is 29.6 Å². The third-order valence-corrected chi connectivity index (χ3v) is 7.98. The highest BCUT2D eigenvalue weighted by atomic mass is 16.6. The second-order valence-electron chi connectivity index (χ2n) is 11.6. The zero-order valence-corrected chi connectivity index (χ0v) is 22.5. The number of likely N-dealkylation sites (tertiary alicyclic amines) is 1. The Balaban J connectivity index is 1.22. The molecule has 8 heteroatoms. The van der Waals surface area contributed by atoms with Crippen LogP contribution in [0.3, 0.4) is 0 Å². The first-order valence-corrected chi connectivity index (χ1v) is 13.6. The third kappa shape index (κ3) is 5.58. The van der Waals surface area contributed by atoms with Gasteiger partial charge in [0.2, 0.25) is 5.91 Å². The summed E-state index contributed by atoms with van der Waals surface area (Å²) >= 11 is 0. The van der Waals surface area contributed by atoms with E-state index in [1.54, 1.807) is 7.11 Å². The molecule has 3 aliphatic rings. The molecule has 1 aromatic carbocycles. The molecule has 37 heavy (non-hydrogen) atoms. The highest BCUT2D eigenvalue weighted by Crippen LogP contribution is 2.39. The van der Waals surface area contributed by atoms with Crippen LogP contribution in [0.25, 0.3) is 5.69 Å². The number of rotatable bonds is 3. The van der Waals surface area contributed by atoms with E-state index in [0.29, 0.717) is 5.92 Å².